The number of aromatic nitrogens is 8. The van der Waals surface area contributed by atoms with Gasteiger partial charge in [0.05, 0.1) is 55.9 Å². The van der Waals surface area contributed by atoms with Crippen molar-refractivity contribution in [2.75, 3.05) is 38.2 Å². The average Bonchev–Trinajstić information content (AvgIpc) is 3.74. The summed E-state index contributed by atoms with van der Waals surface area (Å²) in [6, 6.07) is 7.89. The number of hydrogen-bond acceptors (Lipinski definition) is 13. The zero-order chi connectivity index (χ0) is 33.8. The van der Waals surface area contributed by atoms with Crippen molar-refractivity contribution in [1.82, 2.24) is 45.3 Å². The van der Waals surface area contributed by atoms with Gasteiger partial charge < -0.3 is 29.6 Å². The second kappa shape index (κ2) is 14.5. The summed E-state index contributed by atoms with van der Waals surface area (Å²) >= 11 is 0. The van der Waals surface area contributed by atoms with Gasteiger partial charge in [0.25, 0.3) is 5.88 Å². The standard InChI is InChI=1S/C34H43N11O4/c1-22-12-36-20-34(3,49-22)28-6-8-29(9-7-28)45-16-30(32(41-45)47-19-24-17-46-18-24)40-33-37-13-27(14-38-33)25-4-5-26(11-35)31(10-25)48-23(2)15-44-21-39-42-43-44/h4-5,10,13-14,16,21-24,28-29,36H,6-9,12,15,17-20H2,1-3H3,(H,37,38,40)/t22-,23?,28?,29?,34-/m1/s1. The molecule has 3 aromatic heterocycles. The summed E-state index contributed by atoms with van der Waals surface area (Å²) in [4.78, 5) is 9.22. The predicted octanol–water partition coefficient (Wildman–Crippen LogP) is 3.93. The number of nitriles is 1. The molecule has 3 atom stereocenters. The molecular weight excluding hydrogens is 626 g/mol. The quantitative estimate of drug-likeness (QED) is 0.222. The molecule has 1 aromatic carbocycles. The van der Waals surface area contributed by atoms with Crippen LogP contribution in [0.5, 0.6) is 11.6 Å². The smallest absolute Gasteiger partial charge is 0.256 e. The van der Waals surface area contributed by atoms with Crippen LogP contribution in [0.3, 0.4) is 0 Å². The maximum atomic E-state index is 9.67. The molecule has 2 saturated heterocycles. The molecule has 3 aliphatic rings. The Kier molecular flexibility index (Phi) is 9.70. The summed E-state index contributed by atoms with van der Waals surface area (Å²) in [5.41, 5.74) is 2.62. The van der Waals surface area contributed by atoms with E-state index in [1.54, 1.807) is 23.1 Å². The maximum absolute atomic E-state index is 9.67. The second-order valence-electron chi connectivity index (χ2n) is 13.6. The number of morpholine rings is 1. The van der Waals surface area contributed by atoms with Crippen LogP contribution >= 0.6 is 0 Å². The monoisotopic (exact) mass is 669 g/mol. The molecule has 3 fully saturated rings. The fourth-order valence-corrected chi connectivity index (χ4v) is 6.93. The number of rotatable bonds is 12. The predicted molar refractivity (Wildman–Crippen MR) is 178 cm³/mol. The van der Waals surface area contributed by atoms with E-state index in [9.17, 15) is 5.26 Å². The zero-order valence-electron chi connectivity index (χ0n) is 28.2. The van der Waals surface area contributed by atoms with Gasteiger partial charge in [-0.1, -0.05) is 6.07 Å². The minimum atomic E-state index is -0.270. The van der Waals surface area contributed by atoms with E-state index in [-0.39, 0.29) is 23.9 Å². The highest BCUT2D eigenvalue weighted by Crippen LogP contribution is 2.41. The van der Waals surface area contributed by atoms with Crippen LogP contribution in [0.2, 0.25) is 0 Å². The third kappa shape index (κ3) is 7.66. The molecule has 0 radical (unpaired) electrons. The van der Waals surface area contributed by atoms with Gasteiger partial charge in [-0.3, -0.25) is 4.68 Å². The highest BCUT2D eigenvalue weighted by molar-refractivity contribution is 5.67. The fraction of sp³-hybridized carbons (Fsp3) is 0.559. The maximum Gasteiger partial charge on any atom is 0.256 e. The van der Waals surface area contributed by atoms with Crippen LogP contribution in [0.1, 0.15) is 58.1 Å². The van der Waals surface area contributed by atoms with Crippen LogP contribution in [-0.4, -0.2) is 90.7 Å². The van der Waals surface area contributed by atoms with E-state index < -0.39 is 0 Å². The molecule has 1 unspecified atom stereocenters. The second-order valence-corrected chi connectivity index (χ2v) is 13.6. The Labute approximate surface area is 285 Å². The van der Waals surface area contributed by atoms with E-state index in [1.807, 2.05) is 29.9 Å². The third-order valence-corrected chi connectivity index (χ3v) is 9.67. The summed E-state index contributed by atoms with van der Waals surface area (Å²) in [6.07, 6.45) is 11.2. The third-order valence-electron chi connectivity index (χ3n) is 9.67. The van der Waals surface area contributed by atoms with Crippen LogP contribution in [0.15, 0.2) is 43.1 Å². The zero-order valence-corrected chi connectivity index (χ0v) is 28.2. The lowest BCUT2D eigenvalue weighted by molar-refractivity contribution is -0.138. The van der Waals surface area contributed by atoms with Crippen molar-refractivity contribution in [3.63, 3.8) is 0 Å². The summed E-state index contributed by atoms with van der Waals surface area (Å²) in [5.74, 6) is 2.29. The van der Waals surface area contributed by atoms with Gasteiger partial charge in [-0.2, -0.15) is 5.26 Å². The Bertz CT molecular complexity index is 1730. The van der Waals surface area contributed by atoms with E-state index in [1.165, 1.54) is 6.33 Å². The largest absolute Gasteiger partial charge is 0.487 e. The molecule has 258 valence electrons. The van der Waals surface area contributed by atoms with Gasteiger partial charge in [0.2, 0.25) is 5.95 Å². The molecule has 0 bridgehead atoms. The molecule has 1 aliphatic carbocycles. The molecule has 15 heteroatoms. The van der Waals surface area contributed by atoms with Gasteiger partial charge in [-0.15, -0.1) is 10.2 Å². The molecular formula is C34H43N11O4. The van der Waals surface area contributed by atoms with Crippen molar-refractivity contribution in [2.45, 2.75) is 76.9 Å². The Morgan fingerprint density at radius 1 is 1.16 bits per heavy atom. The van der Waals surface area contributed by atoms with Crippen molar-refractivity contribution in [3.05, 3.63) is 48.7 Å². The average molecular weight is 670 g/mol. The van der Waals surface area contributed by atoms with Gasteiger partial charge in [0.1, 0.15) is 29.9 Å². The normalized spacial score (nSPS) is 24.8. The first-order valence-corrected chi connectivity index (χ1v) is 17.0. The number of anilines is 2. The van der Waals surface area contributed by atoms with Gasteiger partial charge >= 0.3 is 0 Å². The summed E-state index contributed by atoms with van der Waals surface area (Å²) in [5, 5.41) is 32.7. The van der Waals surface area contributed by atoms with E-state index in [0.29, 0.717) is 61.3 Å². The molecule has 4 aromatic rings. The highest BCUT2D eigenvalue weighted by atomic mass is 16.5. The van der Waals surface area contributed by atoms with E-state index in [2.05, 4.69) is 56.0 Å². The first kappa shape index (κ1) is 32.9. The summed E-state index contributed by atoms with van der Waals surface area (Å²) in [6.45, 7) is 10.5. The topological polar surface area (TPSA) is 172 Å². The van der Waals surface area contributed by atoms with E-state index >= 15 is 0 Å². The first-order chi connectivity index (χ1) is 23.8. The number of nitrogens with zero attached hydrogens (tertiary/aromatic N) is 9. The van der Waals surface area contributed by atoms with Crippen LogP contribution in [0, 0.1) is 23.2 Å². The van der Waals surface area contributed by atoms with Gasteiger partial charge in [-0.05, 0) is 80.5 Å². The van der Waals surface area contributed by atoms with Crippen LogP contribution in [0.4, 0.5) is 11.6 Å². The Morgan fingerprint density at radius 3 is 2.67 bits per heavy atom. The van der Waals surface area contributed by atoms with Crippen molar-refractivity contribution in [1.29, 1.82) is 5.26 Å². The van der Waals surface area contributed by atoms with Crippen molar-refractivity contribution < 1.29 is 18.9 Å². The van der Waals surface area contributed by atoms with E-state index in [4.69, 9.17) is 24.0 Å². The SMILES string of the molecule is CC(Cn1cnnn1)Oc1cc(-c2cnc(Nc3cn(C4CCC([C@@]5(C)CNC[C@@H](C)O5)CC4)nc3OCC3COC3)nc2)ccc1C#N. The molecule has 2 N–H and O–H groups in total. The lowest BCUT2D eigenvalue weighted by Crippen LogP contribution is -2.55. The minimum Gasteiger partial charge on any atom is -0.487 e. The lowest BCUT2D eigenvalue weighted by Gasteiger charge is -2.46. The molecule has 2 aliphatic heterocycles. The number of ether oxygens (including phenoxy) is 4. The van der Waals surface area contributed by atoms with Gasteiger partial charge in [0.15, 0.2) is 0 Å². The van der Waals surface area contributed by atoms with Crippen molar-refractivity contribution >= 4 is 11.6 Å². The minimum absolute atomic E-state index is 0.136. The van der Waals surface area contributed by atoms with Crippen LogP contribution in [-0.2, 0) is 16.0 Å². The summed E-state index contributed by atoms with van der Waals surface area (Å²) < 4.78 is 27.7. The van der Waals surface area contributed by atoms with Crippen molar-refractivity contribution in [3.8, 4) is 28.8 Å². The van der Waals surface area contributed by atoms with E-state index in [0.717, 1.165) is 55.6 Å². The lowest BCUT2D eigenvalue weighted by atomic mass is 9.75. The number of tetrazole rings is 1. The molecule has 49 heavy (non-hydrogen) atoms. The summed E-state index contributed by atoms with van der Waals surface area (Å²) in [7, 11) is 0. The molecule has 1 saturated carbocycles. The first-order valence-electron chi connectivity index (χ1n) is 17.0. The molecule has 0 spiro atoms. The number of hydrogen-bond donors (Lipinski definition) is 2. The molecule has 0 amide bonds. The Balaban J connectivity index is 1.03. The molecule has 15 nitrogen and oxygen atoms in total. The van der Waals surface area contributed by atoms with Gasteiger partial charge in [-0.25, -0.2) is 14.6 Å². The highest BCUT2D eigenvalue weighted by Gasteiger charge is 2.41. The molecule has 7 rings (SSSR count). The van der Waals surface area contributed by atoms with Crippen LogP contribution in [0.25, 0.3) is 11.1 Å². The molecule has 5 heterocycles. The number of nitrogens with one attached hydrogen (secondary N) is 2. The van der Waals surface area contributed by atoms with Crippen LogP contribution < -0.4 is 20.1 Å². The Morgan fingerprint density at radius 2 is 1.98 bits per heavy atom. The van der Waals surface area contributed by atoms with Crippen molar-refractivity contribution in [2.24, 2.45) is 11.8 Å². The van der Waals surface area contributed by atoms with Gasteiger partial charge in [0, 0.05) is 37.0 Å². The Hall–Kier alpha value is -4.65. The fourth-order valence-electron chi connectivity index (χ4n) is 6.93. The number of benzene rings is 1.